The van der Waals surface area contributed by atoms with Gasteiger partial charge in [0, 0.05) is 18.7 Å². The zero-order valence-electron chi connectivity index (χ0n) is 19.1. The van der Waals surface area contributed by atoms with Crippen molar-refractivity contribution in [3.63, 3.8) is 0 Å². The molecule has 0 saturated heterocycles. The van der Waals surface area contributed by atoms with Crippen LogP contribution >= 0.6 is 0 Å². The van der Waals surface area contributed by atoms with E-state index in [-0.39, 0.29) is 13.2 Å². The first kappa shape index (κ1) is 22.6. The Morgan fingerprint density at radius 2 is 1.88 bits per heavy atom. The van der Waals surface area contributed by atoms with Crippen molar-refractivity contribution in [1.29, 1.82) is 0 Å². The molecule has 0 aliphatic carbocycles. The van der Waals surface area contributed by atoms with E-state index in [2.05, 4.69) is 0 Å². The van der Waals surface area contributed by atoms with Gasteiger partial charge in [0.05, 0.1) is 51.1 Å². The first-order chi connectivity index (χ1) is 16.0. The third kappa shape index (κ3) is 3.89. The molecule has 1 aliphatic heterocycles. The van der Waals surface area contributed by atoms with Crippen molar-refractivity contribution in [2.45, 2.75) is 13.0 Å². The van der Waals surface area contributed by atoms with Crippen LogP contribution in [0.2, 0.25) is 0 Å². The summed E-state index contributed by atoms with van der Waals surface area (Å²) >= 11 is 0. The maximum Gasteiger partial charge on any atom is 0.321 e. The molecule has 0 radical (unpaired) electrons. The normalized spacial score (nSPS) is 17.7. The standard InChI is InChI=1S/C24H27N3O6/c1-5-33-23(29)20-21(16-11-10-15(31-3)14-19(16)32-4)27-18-9-7-6-8-17(18)25-24(27)26(22(20)28)12-13-30-2/h6-11,14,20-21H,5,12-13H2,1-4H3/t20-,21+/m0/s1. The molecule has 174 valence electrons. The molecule has 2 heterocycles. The number of benzene rings is 2. The number of hydrogen-bond donors (Lipinski definition) is 0. The fraction of sp³-hybridized carbons (Fsp3) is 0.375. The Labute approximate surface area is 191 Å². The predicted octanol–water partition coefficient (Wildman–Crippen LogP) is 2.82. The fourth-order valence-electron chi connectivity index (χ4n) is 4.28. The van der Waals surface area contributed by atoms with Gasteiger partial charge in [-0.25, -0.2) is 4.98 Å². The molecule has 0 spiro atoms. The van der Waals surface area contributed by atoms with E-state index in [1.54, 1.807) is 40.4 Å². The number of methoxy groups -OCH3 is 3. The average molecular weight is 453 g/mol. The van der Waals surface area contributed by atoms with Gasteiger partial charge >= 0.3 is 5.97 Å². The molecule has 1 amide bonds. The molecule has 0 fully saturated rings. The molecule has 0 bridgehead atoms. The Balaban J connectivity index is 2.01. The minimum atomic E-state index is -1.13. The molecule has 9 nitrogen and oxygen atoms in total. The topological polar surface area (TPSA) is 92.1 Å². The summed E-state index contributed by atoms with van der Waals surface area (Å²) in [4.78, 5) is 33.2. The molecule has 0 N–H and O–H groups in total. The van der Waals surface area contributed by atoms with E-state index < -0.39 is 23.8 Å². The van der Waals surface area contributed by atoms with Crippen LogP contribution < -0.4 is 14.4 Å². The largest absolute Gasteiger partial charge is 0.497 e. The number of amides is 1. The van der Waals surface area contributed by atoms with Crippen LogP contribution in [0.4, 0.5) is 5.95 Å². The highest BCUT2D eigenvalue weighted by Crippen LogP contribution is 2.44. The lowest BCUT2D eigenvalue weighted by Crippen LogP contribution is -2.51. The summed E-state index contributed by atoms with van der Waals surface area (Å²) in [5.41, 5.74) is 2.16. The van der Waals surface area contributed by atoms with Crippen LogP contribution in [0.15, 0.2) is 42.5 Å². The SMILES string of the molecule is CCOC(=O)[C@@H]1C(=O)N(CCOC)c2nc3ccccc3n2[C@@H]1c1ccc(OC)cc1OC. The van der Waals surface area contributed by atoms with Crippen molar-refractivity contribution >= 4 is 28.9 Å². The maximum atomic E-state index is 13.7. The van der Waals surface area contributed by atoms with Gasteiger partial charge in [0.25, 0.3) is 0 Å². The minimum absolute atomic E-state index is 0.157. The number of rotatable bonds is 8. The van der Waals surface area contributed by atoms with Crippen molar-refractivity contribution in [1.82, 2.24) is 9.55 Å². The van der Waals surface area contributed by atoms with E-state index in [4.69, 9.17) is 23.9 Å². The number of nitrogens with zero attached hydrogens (tertiary/aromatic N) is 3. The second-order valence-electron chi connectivity index (χ2n) is 7.54. The maximum absolute atomic E-state index is 13.7. The van der Waals surface area contributed by atoms with E-state index in [0.29, 0.717) is 35.1 Å². The molecular formula is C24H27N3O6. The van der Waals surface area contributed by atoms with Crippen LogP contribution in [-0.2, 0) is 19.1 Å². The second kappa shape index (κ2) is 9.50. The molecule has 3 aromatic rings. The molecule has 0 saturated carbocycles. The lowest BCUT2D eigenvalue weighted by Gasteiger charge is -2.38. The summed E-state index contributed by atoms with van der Waals surface area (Å²) in [7, 11) is 4.67. The van der Waals surface area contributed by atoms with Crippen LogP contribution in [0.5, 0.6) is 11.5 Å². The highest BCUT2D eigenvalue weighted by Gasteiger charge is 2.48. The lowest BCUT2D eigenvalue weighted by atomic mass is 9.88. The Morgan fingerprint density at radius 3 is 2.58 bits per heavy atom. The number of fused-ring (bicyclic) bond motifs is 3. The van der Waals surface area contributed by atoms with Gasteiger partial charge in [0.1, 0.15) is 11.5 Å². The minimum Gasteiger partial charge on any atom is -0.497 e. The van der Waals surface area contributed by atoms with Gasteiger partial charge in [-0.15, -0.1) is 0 Å². The average Bonchev–Trinajstić information content (AvgIpc) is 3.21. The first-order valence-corrected chi connectivity index (χ1v) is 10.7. The number of hydrogen-bond acceptors (Lipinski definition) is 7. The van der Waals surface area contributed by atoms with E-state index >= 15 is 0 Å². The molecule has 1 aliphatic rings. The summed E-state index contributed by atoms with van der Waals surface area (Å²) in [5.74, 6) is -0.582. The number of para-hydroxylation sites is 2. The summed E-state index contributed by atoms with van der Waals surface area (Å²) in [6, 6.07) is 12.2. The van der Waals surface area contributed by atoms with Crippen LogP contribution in [0.25, 0.3) is 11.0 Å². The number of aromatic nitrogens is 2. The van der Waals surface area contributed by atoms with Crippen molar-refractivity contribution in [2.24, 2.45) is 5.92 Å². The number of carbonyl (C=O) groups excluding carboxylic acids is 2. The molecule has 2 atom stereocenters. The number of ether oxygens (including phenoxy) is 4. The number of esters is 1. The van der Waals surface area contributed by atoms with Gasteiger partial charge in [-0.3, -0.25) is 14.5 Å². The number of imidazole rings is 1. The van der Waals surface area contributed by atoms with Gasteiger partial charge in [0.2, 0.25) is 11.9 Å². The zero-order valence-corrected chi connectivity index (χ0v) is 19.1. The van der Waals surface area contributed by atoms with Gasteiger partial charge in [0.15, 0.2) is 5.92 Å². The van der Waals surface area contributed by atoms with Crippen molar-refractivity contribution in [3.8, 4) is 11.5 Å². The molecule has 4 rings (SSSR count). The second-order valence-corrected chi connectivity index (χ2v) is 7.54. The van der Waals surface area contributed by atoms with E-state index in [1.807, 2.05) is 34.9 Å². The van der Waals surface area contributed by atoms with Gasteiger partial charge in [-0.2, -0.15) is 0 Å². The van der Waals surface area contributed by atoms with Gasteiger partial charge in [-0.05, 0) is 31.2 Å². The molecule has 0 unspecified atom stereocenters. The zero-order chi connectivity index (χ0) is 23.5. The van der Waals surface area contributed by atoms with Crippen LogP contribution in [0.3, 0.4) is 0 Å². The Hall–Kier alpha value is -3.59. The molecule has 2 aromatic carbocycles. The first-order valence-electron chi connectivity index (χ1n) is 10.7. The van der Waals surface area contributed by atoms with Gasteiger partial charge < -0.3 is 23.5 Å². The van der Waals surface area contributed by atoms with E-state index in [9.17, 15) is 9.59 Å². The van der Waals surface area contributed by atoms with Crippen molar-refractivity contribution in [2.75, 3.05) is 46.0 Å². The summed E-state index contributed by atoms with van der Waals surface area (Å²) < 4.78 is 23.5. The van der Waals surface area contributed by atoms with Crippen LogP contribution in [-0.4, -0.2) is 62.5 Å². The summed E-state index contributed by atoms with van der Waals surface area (Å²) in [6.45, 7) is 2.42. The third-order valence-corrected chi connectivity index (χ3v) is 5.76. The number of anilines is 1. The van der Waals surface area contributed by atoms with Crippen LogP contribution in [0.1, 0.15) is 18.5 Å². The molecule has 1 aromatic heterocycles. The van der Waals surface area contributed by atoms with Gasteiger partial charge in [-0.1, -0.05) is 12.1 Å². The van der Waals surface area contributed by atoms with Crippen molar-refractivity contribution in [3.05, 3.63) is 48.0 Å². The highest BCUT2D eigenvalue weighted by atomic mass is 16.5. The van der Waals surface area contributed by atoms with Crippen LogP contribution in [0, 0.1) is 5.92 Å². The smallest absolute Gasteiger partial charge is 0.321 e. The Kier molecular flexibility index (Phi) is 6.50. The Morgan fingerprint density at radius 1 is 1.09 bits per heavy atom. The molecule has 9 heteroatoms. The van der Waals surface area contributed by atoms with E-state index in [0.717, 1.165) is 5.52 Å². The number of carbonyl (C=O) groups is 2. The summed E-state index contributed by atoms with van der Waals surface area (Å²) in [5, 5.41) is 0. The molecular weight excluding hydrogens is 426 g/mol. The summed E-state index contributed by atoms with van der Waals surface area (Å²) in [6.07, 6.45) is 0. The Bertz CT molecular complexity index is 1170. The lowest BCUT2D eigenvalue weighted by molar-refractivity contribution is -0.153. The quantitative estimate of drug-likeness (QED) is 0.383. The predicted molar refractivity (Wildman–Crippen MR) is 122 cm³/mol. The molecule has 33 heavy (non-hydrogen) atoms. The van der Waals surface area contributed by atoms with E-state index in [1.165, 1.54) is 4.90 Å². The van der Waals surface area contributed by atoms with Crippen molar-refractivity contribution < 1.29 is 28.5 Å². The highest BCUT2D eigenvalue weighted by molar-refractivity contribution is 6.08. The monoisotopic (exact) mass is 453 g/mol. The fourth-order valence-corrected chi connectivity index (χ4v) is 4.28. The third-order valence-electron chi connectivity index (χ3n) is 5.76.